The van der Waals surface area contributed by atoms with Gasteiger partial charge in [-0.1, -0.05) is 17.7 Å². The van der Waals surface area contributed by atoms with Crippen LogP contribution in [0.5, 0.6) is 0 Å². The fourth-order valence-electron chi connectivity index (χ4n) is 2.10. The molecule has 0 atom stereocenters. The Kier molecular flexibility index (Phi) is 5.82. The van der Waals surface area contributed by atoms with E-state index in [9.17, 15) is 26.4 Å². The second-order valence-electron chi connectivity index (χ2n) is 5.39. The molecule has 0 saturated heterocycles. The van der Waals surface area contributed by atoms with Crippen LogP contribution in [-0.2, 0) is 20.8 Å². The van der Waals surface area contributed by atoms with Crippen molar-refractivity contribution >= 4 is 38.7 Å². The van der Waals surface area contributed by atoms with E-state index < -0.39 is 27.5 Å². The zero-order chi connectivity index (χ0) is 19.5. The highest BCUT2D eigenvalue weighted by atomic mass is 35.5. The predicted octanol–water partition coefficient (Wildman–Crippen LogP) is 3.81. The molecule has 0 aliphatic carbocycles. The zero-order valence-corrected chi connectivity index (χ0v) is 15.0. The minimum Gasteiger partial charge on any atom is -0.375 e. The first-order valence-corrected chi connectivity index (χ1v) is 9.44. The molecule has 0 aliphatic heterocycles. The topological polar surface area (TPSA) is 75.3 Å². The number of sulfone groups is 1. The number of halogens is 4. The number of anilines is 2. The van der Waals surface area contributed by atoms with Gasteiger partial charge in [0.25, 0.3) is 0 Å². The van der Waals surface area contributed by atoms with Crippen LogP contribution in [0.4, 0.5) is 24.5 Å². The highest BCUT2D eigenvalue weighted by Gasteiger charge is 2.30. The Balaban J connectivity index is 2.09. The normalized spacial score (nSPS) is 11.9. The standard InChI is InChI=1S/C16H14ClF3N2O3S/c1-26(24,25)14-8-11(17)5-6-13(14)21-9-15(23)22-12-4-2-3-10(7-12)16(18,19)20/h2-8,21H,9H2,1H3,(H,22,23). The van der Waals surface area contributed by atoms with Crippen LogP contribution in [0.3, 0.4) is 0 Å². The summed E-state index contributed by atoms with van der Waals surface area (Å²) in [6, 6.07) is 8.27. The maximum atomic E-state index is 12.7. The van der Waals surface area contributed by atoms with Crippen molar-refractivity contribution in [2.75, 3.05) is 23.4 Å². The predicted molar refractivity (Wildman–Crippen MR) is 93.1 cm³/mol. The maximum Gasteiger partial charge on any atom is 0.416 e. The van der Waals surface area contributed by atoms with Crippen molar-refractivity contribution in [2.24, 2.45) is 0 Å². The minimum atomic E-state index is -4.52. The molecule has 140 valence electrons. The Morgan fingerprint density at radius 1 is 1.15 bits per heavy atom. The van der Waals surface area contributed by atoms with Crippen molar-refractivity contribution in [1.29, 1.82) is 0 Å². The molecule has 0 spiro atoms. The number of hydrogen-bond donors (Lipinski definition) is 2. The first-order valence-electron chi connectivity index (χ1n) is 7.17. The first-order chi connectivity index (χ1) is 12.0. The van der Waals surface area contributed by atoms with Crippen LogP contribution in [0.2, 0.25) is 5.02 Å². The van der Waals surface area contributed by atoms with Crippen molar-refractivity contribution in [3.63, 3.8) is 0 Å². The first kappa shape index (κ1) is 20.1. The maximum absolute atomic E-state index is 12.7. The summed E-state index contributed by atoms with van der Waals surface area (Å²) in [6.07, 6.45) is -3.53. The van der Waals surface area contributed by atoms with E-state index in [2.05, 4.69) is 10.6 Å². The number of carbonyl (C=O) groups is 1. The lowest BCUT2D eigenvalue weighted by Gasteiger charge is -2.12. The van der Waals surface area contributed by atoms with E-state index in [-0.39, 0.29) is 27.8 Å². The third-order valence-corrected chi connectivity index (χ3v) is 4.63. The third kappa shape index (κ3) is 5.37. The highest BCUT2D eigenvalue weighted by Crippen LogP contribution is 2.30. The van der Waals surface area contributed by atoms with E-state index in [1.807, 2.05) is 0 Å². The molecular weight excluding hydrogens is 393 g/mol. The van der Waals surface area contributed by atoms with Gasteiger partial charge in [-0.05, 0) is 36.4 Å². The zero-order valence-electron chi connectivity index (χ0n) is 13.4. The summed E-state index contributed by atoms with van der Waals surface area (Å²) >= 11 is 5.78. The Morgan fingerprint density at radius 3 is 2.46 bits per heavy atom. The summed E-state index contributed by atoms with van der Waals surface area (Å²) in [6.45, 7) is -0.347. The summed E-state index contributed by atoms with van der Waals surface area (Å²) < 4.78 is 61.5. The molecule has 26 heavy (non-hydrogen) atoms. The lowest BCUT2D eigenvalue weighted by atomic mass is 10.2. The molecule has 2 rings (SSSR count). The number of nitrogens with one attached hydrogen (secondary N) is 2. The van der Waals surface area contributed by atoms with Gasteiger partial charge in [-0.15, -0.1) is 0 Å². The van der Waals surface area contributed by atoms with Crippen LogP contribution < -0.4 is 10.6 Å². The number of benzene rings is 2. The van der Waals surface area contributed by atoms with Gasteiger partial charge in [-0.25, -0.2) is 8.42 Å². The molecule has 0 aromatic heterocycles. The van der Waals surface area contributed by atoms with Gasteiger partial charge in [0.15, 0.2) is 9.84 Å². The monoisotopic (exact) mass is 406 g/mol. The molecule has 5 nitrogen and oxygen atoms in total. The number of amides is 1. The minimum absolute atomic E-state index is 0.0222. The molecule has 2 N–H and O–H groups in total. The Hall–Kier alpha value is -2.26. The second kappa shape index (κ2) is 7.55. The largest absolute Gasteiger partial charge is 0.416 e. The molecule has 2 aromatic rings. The quantitative estimate of drug-likeness (QED) is 0.791. The molecule has 1 amide bonds. The summed E-state index contributed by atoms with van der Waals surface area (Å²) in [5, 5.41) is 5.17. The highest BCUT2D eigenvalue weighted by molar-refractivity contribution is 7.90. The Labute approximate surface area is 153 Å². The van der Waals surface area contributed by atoms with Crippen LogP contribution in [0, 0.1) is 0 Å². The average Bonchev–Trinajstić information content (AvgIpc) is 2.52. The van der Waals surface area contributed by atoms with Gasteiger partial charge in [-0.2, -0.15) is 13.2 Å². The van der Waals surface area contributed by atoms with Crippen molar-refractivity contribution in [1.82, 2.24) is 0 Å². The molecular formula is C16H14ClF3N2O3S. The summed E-state index contributed by atoms with van der Waals surface area (Å²) in [5.74, 6) is -0.640. The van der Waals surface area contributed by atoms with Crippen molar-refractivity contribution < 1.29 is 26.4 Å². The van der Waals surface area contributed by atoms with Gasteiger partial charge in [0.2, 0.25) is 5.91 Å². The van der Waals surface area contributed by atoms with Crippen LogP contribution in [0.1, 0.15) is 5.56 Å². The summed E-state index contributed by atoms with van der Waals surface area (Å²) in [5.41, 5.74) is -0.748. The van der Waals surface area contributed by atoms with Gasteiger partial charge >= 0.3 is 6.18 Å². The molecule has 0 fully saturated rings. The fourth-order valence-corrected chi connectivity index (χ4v) is 3.22. The summed E-state index contributed by atoms with van der Waals surface area (Å²) in [7, 11) is -3.59. The third-order valence-electron chi connectivity index (χ3n) is 3.26. The van der Waals surface area contributed by atoms with E-state index in [4.69, 9.17) is 11.6 Å². The molecule has 0 radical (unpaired) electrons. The van der Waals surface area contributed by atoms with E-state index >= 15 is 0 Å². The number of carbonyl (C=O) groups excluding carboxylic acids is 1. The molecule has 0 unspecified atom stereocenters. The number of hydrogen-bond acceptors (Lipinski definition) is 4. The number of alkyl halides is 3. The van der Waals surface area contributed by atoms with Crippen LogP contribution in [-0.4, -0.2) is 27.1 Å². The molecule has 0 aliphatic rings. The van der Waals surface area contributed by atoms with Crippen LogP contribution in [0.15, 0.2) is 47.4 Å². The van der Waals surface area contributed by atoms with Gasteiger partial charge in [0.1, 0.15) is 0 Å². The second-order valence-corrected chi connectivity index (χ2v) is 7.81. The molecule has 0 bridgehead atoms. The van der Waals surface area contributed by atoms with Crippen molar-refractivity contribution in [3.05, 3.63) is 53.1 Å². The van der Waals surface area contributed by atoms with Gasteiger partial charge in [-0.3, -0.25) is 4.79 Å². The van der Waals surface area contributed by atoms with Crippen molar-refractivity contribution in [3.8, 4) is 0 Å². The lowest BCUT2D eigenvalue weighted by molar-refractivity contribution is -0.137. The Bertz CT molecular complexity index is 931. The lowest BCUT2D eigenvalue weighted by Crippen LogP contribution is -2.22. The summed E-state index contributed by atoms with van der Waals surface area (Å²) in [4.78, 5) is 11.9. The van der Waals surface area contributed by atoms with Gasteiger partial charge in [0, 0.05) is 17.0 Å². The van der Waals surface area contributed by atoms with Gasteiger partial charge in [0.05, 0.1) is 22.7 Å². The van der Waals surface area contributed by atoms with E-state index in [0.717, 1.165) is 18.4 Å². The van der Waals surface area contributed by atoms with E-state index in [1.54, 1.807) is 0 Å². The van der Waals surface area contributed by atoms with Gasteiger partial charge < -0.3 is 10.6 Å². The van der Waals surface area contributed by atoms with E-state index in [1.165, 1.54) is 30.3 Å². The fraction of sp³-hybridized carbons (Fsp3) is 0.188. The molecule has 0 heterocycles. The van der Waals surface area contributed by atoms with Crippen LogP contribution >= 0.6 is 11.6 Å². The van der Waals surface area contributed by atoms with E-state index in [0.29, 0.717) is 0 Å². The van der Waals surface area contributed by atoms with Crippen molar-refractivity contribution in [2.45, 2.75) is 11.1 Å². The van der Waals surface area contributed by atoms with Crippen LogP contribution in [0.25, 0.3) is 0 Å². The molecule has 10 heteroatoms. The molecule has 0 saturated carbocycles. The Morgan fingerprint density at radius 2 is 1.85 bits per heavy atom. The smallest absolute Gasteiger partial charge is 0.375 e. The molecule has 2 aromatic carbocycles. The average molecular weight is 407 g/mol. The SMILES string of the molecule is CS(=O)(=O)c1cc(Cl)ccc1NCC(=O)Nc1cccc(C(F)(F)F)c1. The number of rotatable bonds is 5.